The Morgan fingerprint density at radius 3 is 2.95 bits per heavy atom. The zero-order valence-corrected chi connectivity index (χ0v) is 12.5. The van der Waals surface area contributed by atoms with E-state index >= 15 is 0 Å². The maximum atomic E-state index is 9.72. The molecule has 1 atom stereocenters. The van der Waals surface area contributed by atoms with Crippen molar-refractivity contribution < 1.29 is 9.84 Å². The second kappa shape index (κ2) is 6.16. The molecular weight excluding hydrogens is 310 g/mol. The van der Waals surface area contributed by atoms with Gasteiger partial charge in [-0.3, -0.25) is 0 Å². The molecule has 0 unspecified atom stereocenters. The minimum atomic E-state index is -0.577. The van der Waals surface area contributed by atoms with Gasteiger partial charge in [0.25, 0.3) is 0 Å². The molecular formula is C13H16BrN3O2. The van der Waals surface area contributed by atoms with Crippen molar-refractivity contribution in [1.82, 2.24) is 14.8 Å². The molecule has 102 valence electrons. The van der Waals surface area contributed by atoms with E-state index in [1.165, 1.54) is 6.33 Å². The van der Waals surface area contributed by atoms with Crippen LogP contribution in [0.15, 0.2) is 29.0 Å². The number of aromatic nitrogens is 3. The fourth-order valence-corrected chi connectivity index (χ4v) is 2.12. The molecule has 0 saturated heterocycles. The van der Waals surface area contributed by atoms with E-state index in [4.69, 9.17) is 4.74 Å². The smallest absolute Gasteiger partial charge is 0.164 e. The molecule has 0 fully saturated rings. The largest absolute Gasteiger partial charge is 0.485 e. The topological polar surface area (TPSA) is 60.2 Å². The summed E-state index contributed by atoms with van der Waals surface area (Å²) >= 11 is 3.40. The molecule has 0 amide bonds. The normalized spacial score (nSPS) is 12.4. The third-order valence-corrected chi connectivity index (χ3v) is 3.27. The number of aliphatic hydroxyl groups excluding tert-OH is 1. The molecule has 1 N–H and O–H groups in total. The second-order valence-corrected chi connectivity index (χ2v) is 5.05. The molecule has 0 aliphatic carbocycles. The quantitative estimate of drug-likeness (QED) is 0.918. The van der Waals surface area contributed by atoms with Gasteiger partial charge in [0.1, 0.15) is 18.7 Å². The summed E-state index contributed by atoms with van der Waals surface area (Å²) in [5, 5.41) is 13.8. The van der Waals surface area contributed by atoms with Crippen LogP contribution in [0.4, 0.5) is 0 Å². The lowest BCUT2D eigenvalue weighted by atomic mass is 10.1. The number of halogens is 1. The lowest BCUT2D eigenvalue weighted by Crippen LogP contribution is -2.08. The standard InChI is InChI=1S/C13H16BrN3O2/c1-3-17-13(15-8-16-17)7-19-12-6-10(14)4-5-11(12)9(2)18/h4-6,8-9,18H,3,7H2,1-2H3/t9-/m1/s1. The van der Waals surface area contributed by atoms with Gasteiger partial charge in [-0.25, -0.2) is 9.67 Å². The summed E-state index contributed by atoms with van der Waals surface area (Å²) < 4.78 is 8.44. The third-order valence-electron chi connectivity index (χ3n) is 2.78. The number of hydrogen-bond donors (Lipinski definition) is 1. The summed E-state index contributed by atoms with van der Waals surface area (Å²) in [4.78, 5) is 4.15. The van der Waals surface area contributed by atoms with Gasteiger partial charge < -0.3 is 9.84 Å². The molecule has 1 aromatic carbocycles. The summed E-state index contributed by atoms with van der Waals surface area (Å²) in [5.41, 5.74) is 0.755. The van der Waals surface area contributed by atoms with Crippen molar-refractivity contribution in [3.05, 3.63) is 40.4 Å². The summed E-state index contributed by atoms with van der Waals surface area (Å²) in [6.07, 6.45) is 0.936. The predicted octanol–water partition coefficient (Wildman–Crippen LogP) is 2.69. The second-order valence-electron chi connectivity index (χ2n) is 4.14. The lowest BCUT2D eigenvalue weighted by Gasteiger charge is -2.13. The first kappa shape index (κ1) is 14.0. The highest BCUT2D eigenvalue weighted by Gasteiger charge is 2.11. The summed E-state index contributed by atoms with van der Waals surface area (Å²) in [7, 11) is 0. The Hall–Kier alpha value is -1.40. The van der Waals surface area contributed by atoms with Crippen LogP contribution < -0.4 is 4.74 Å². The lowest BCUT2D eigenvalue weighted by molar-refractivity contribution is 0.189. The van der Waals surface area contributed by atoms with Gasteiger partial charge in [-0.05, 0) is 26.0 Å². The number of rotatable bonds is 5. The average molecular weight is 326 g/mol. The molecule has 1 heterocycles. The molecule has 19 heavy (non-hydrogen) atoms. The number of nitrogens with zero attached hydrogens (tertiary/aromatic N) is 3. The van der Waals surface area contributed by atoms with Crippen LogP contribution in [0.3, 0.4) is 0 Å². The Balaban J connectivity index is 2.17. The van der Waals surface area contributed by atoms with E-state index in [1.807, 2.05) is 25.1 Å². The molecule has 1 aromatic heterocycles. The van der Waals surface area contributed by atoms with Crippen molar-refractivity contribution in [2.24, 2.45) is 0 Å². The van der Waals surface area contributed by atoms with Crippen molar-refractivity contribution >= 4 is 15.9 Å². The Bertz CT molecular complexity index is 555. The van der Waals surface area contributed by atoms with Crippen molar-refractivity contribution in [3.8, 4) is 5.75 Å². The fourth-order valence-electron chi connectivity index (χ4n) is 1.78. The maximum absolute atomic E-state index is 9.72. The highest BCUT2D eigenvalue weighted by molar-refractivity contribution is 9.10. The van der Waals surface area contributed by atoms with E-state index in [2.05, 4.69) is 26.0 Å². The monoisotopic (exact) mass is 325 g/mol. The molecule has 0 aliphatic rings. The zero-order chi connectivity index (χ0) is 13.8. The van der Waals surface area contributed by atoms with Crippen molar-refractivity contribution in [2.75, 3.05) is 0 Å². The van der Waals surface area contributed by atoms with Gasteiger partial charge in [0, 0.05) is 16.6 Å². The predicted molar refractivity (Wildman–Crippen MR) is 74.8 cm³/mol. The highest BCUT2D eigenvalue weighted by Crippen LogP contribution is 2.29. The van der Waals surface area contributed by atoms with E-state index in [0.29, 0.717) is 12.4 Å². The SMILES string of the molecule is CCn1ncnc1COc1cc(Br)ccc1[C@@H](C)O. The minimum Gasteiger partial charge on any atom is -0.485 e. The van der Waals surface area contributed by atoms with Crippen LogP contribution >= 0.6 is 15.9 Å². The van der Waals surface area contributed by atoms with Crippen LogP contribution in [-0.2, 0) is 13.2 Å². The molecule has 0 bridgehead atoms. The summed E-state index contributed by atoms with van der Waals surface area (Å²) in [5.74, 6) is 1.41. The van der Waals surface area contributed by atoms with Gasteiger partial charge in [-0.15, -0.1) is 0 Å². The molecule has 0 radical (unpaired) electrons. The summed E-state index contributed by atoms with van der Waals surface area (Å²) in [6.45, 7) is 4.79. The first-order chi connectivity index (χ1) is 9.11. The number of aryl methyl sites for hydroxylation is 1. The molecule has 0 saturated carbocycles. The number of hydrogen-bond acceptors (Lipinski definition) is 4. The van der Waals surface area contributed by atoms with E-state index < -0.39 is 6.10 Å². The summed E-state index contributed by atoms with van der Waals surface area (Å²) in [6, 6.07) is 5.56. The van der Waals surface area contributed by atoms with Gasteiger partial charge >= 0.3 is 0 Å². The van der Waals surface area contributed by atoms with E-state index in [-0.39, 0.29) is 0 Å². The molecule has 2 rings (SSSR count). The number of benzene rings is 1. The number of ether oxygens (including phenoxy) is 1. The molecule has 5 nitrogen and oxygen atoms in total. The van der Waals surface area contributed by atoms with Crippen LogP contribution in [-0.4, -0.2) is 19.9 Å². The van der Waals surface area contributed by atoms with Crippen LogP contribution in [0.2, 0.25) is 0 Å². The van der Waals surface area contributed by atoms with E-state index in [1.54, 1.807) is 11.6 Å². The maximum Gasteiger partial charge on any atom is 0.164 e. The Labute approximate surface area is 120 Å². The van der Waals surface area contributed by atoms with Gasteiger partial charge in [-0.2, -0.15) is 5.10 Å². The van der Waals surface area contributed by atoms with Gasteiger partial charge in [0.2, 0.25) is 0 Å². The number of aliphatic hydroxyl groups is 1. The first-order valence-electron chi connectivity index (χ1n) is 6.08. The Morgan fingerprint density at radius 1 is 1.47 bits per heavy atom. The van der Waals surface area contributed by atoms with Crippen LogP contribution in [0, 0.1) is 0 Å². The van der Waals surface area contributed by atoms with E-state index in [9.17, 15) is 5.11 Å². The van der Waals surface area contributed by atoms with Gasteiger partial charge in [0.15, 0.2) is 5.82 Å². The van der Waals surface area contributed by atoms with E-state index in [0.717, 1.165) is 22.4 Å². The molecule has 0 spiro atoms. The zero-order valence-electron chi connectivity index (χ0n) is 10.9. The highest BCUT2D eigenvalue weighted by atomic mass is 79.9. The Morgan fingerprint density at radius 2 is 2.26 bits per heavy atom. The molecule has 2 aromatic rings. The first-order valence-corrected chi connectivity index (χ1v) is 6.88. The van der Waals surface area contributed by atoms with Gasteiger partial charge in [0.05, 0.1) is 6.10 Å². The van der Waals surface area contributed by atoms with Crippen molar-refractivity contribution in [2.45, 2.75) is 33.1 Å². The minimum absolute atomic E-state index is 0.323. The molecule has 0 aliphatic heterocycles. The average Bonchev–Trinajstić information content (AvgIpc) is 2.83. The van der Waals surface area contributed by atoms with Crippen molar-refractivity contribution in [3.63, 3.8) is 0 Å². The van der Waals surface area contributed by atoms with Gasteiger partial charge in [-0.1, -0.05) is 22.0 Å². The fraction of sp³-hybridized carbons (Fsp3) is 0.385. The molecule has 6 heteroatoms. The van der Waals surface area contributed by atoms with Crippen molar-refractivity contribution in [1.29, 1.82) is 0 Å². The third kappa shape index (κ3) is 3.33. The Kier molecular flexibility index (Phi) is 4.55. The van der Waals surface area contributed by atoms with Crippen LogP contribution in [0.5, 0.6) is 5.75 Å². The van der Waals surface area contributed by atoms with Crippen LogP contribution in [0.25, 0.3) is 0 Å². The van der Waals surface area contributed by atoms with Crippen LogP contribution in [0.1, 0.15) is 31.3 Å².